The number of para-hydroxylation sites is 1. The van der Waals surface area contributed by atoms with Crippen LogP contribution in [0.3, 0.4) is 0 Å². The fraction of sp³-hybridized carbons (Fsp3) is 0.118. The lowest BCUT2D eigenvalue weighted by Crippen LogP contribution is -2.08. The number of aryl methyl sites for hydroxylation is 1. The molecule has 3 rings (SSSR count). The lowest BCUT2D eigenvalue weighted by molar-refractivity contribution is 0.0600. The summed E-state index contributed by atoms with van der Waals surface area (Å²) in [5.74, 6) is -0.351. The Kier molecular flexibility index (Phi) is 4.34. The first-order chi connectivity index (χ1) is 11.2. The Morgan fingerprint density at radius 3 is 2.61 bits per heavy atom. The van der Waals surface area contributed by atoms with Gasteiger partial charge >= 0.3 is 5.97 Å². The summed E-state index contributed by atoms with van der Waals surface area (Å²) in [7, 11) is 3.33. The number of methoxy groups -OCH3 is 1. The summed E-state index contributed by atoms with van der Waals surface area (Å²) < 4.78 is 7.85. The van der Waals surface area contributed by atoms with E-state index in [-0.39, 0.29) is 5.97 Å². The average molecular weight is 325 g/mol. The Bertz CT molecular complexity index is 936. The molecule has 0 saturated heterocycles. The van der Waals surface area contributed by atoms with E-state index in [0.29, 0.717) is 5.56 Å². The highest BCUT2D eigenvalue weighted by atomic mass is 32.1. The number of benzene rings is 2. The standard InChI is InChI=1S/C17H15N3O2S/c1-20-14-5-3-4-6-15(14)23-17(20)19-18-11-12-7-9-13(10-8-12)16(21)22-2/h3-11H,1-2H3/b18-11-,19-17-. The fourth-order valence-electron chi connectivity index (χ4n) is 2.15. The SMILES string of the molecule is COC(=O)c1ccc(/C=N\N=c2/sc3ccccc3n2C)cc1. The molecule has 0 fully saturated rings. The second-order valence-electron chi connectivity index (χ2n) is 4.87. The molecule has 0 aliphatic heterocycles. The van der Waals surface area contributed by atoms with Crippen molar-refractivity contribution in [3.05, 3.63) is 64.5 Å². The van der Waals surface area contributed by atoms with Gasteiger partial charge in [0, 0.05) is 7.05 Å². The maximum absolute atomic E-state index is 11.4. The largest absolute Gasteiger partial charge is 0.465 e. The van der Waals surface area contributed by atoms with E-state index in [1.807, 2.05) is 23.7 Å². The number of fused-ring (bicyclic) bond motifs is 1. The topological polar surface area (TPSA) is 55.9 Å². The summed E-state index contributed by atoms with van der Waals surface area (Å²) in [4.78, 5) is 12.2. The Hall–Kier alpha value is -2.73. The van der Waals surface area contributed by atoms with Gasteiger partial charge in [-0.2, -0.15) is 5.10 Å². The van der Waals surface area contributed by atoms with Crippen molar-refractivity contribution >= 4 is 33.7 Å². The van der Waals surface area contributed by atoms with Crippen molar-refractivity contribution in [3.8, 4) is 0 Å². The van der Waals surface area contributed by atoms with Gasteiger partial charge in [0.15, 0.2) is 0 Å². The number of aromatic nitrogens is 1. The molecule has 0 aliphatic rings. The van der Waals surface area contributed by atoms with E-state index in [1.165, 1.54) is 11.8 Å². The molecule has 0 radical (unpaired) electrons. The molecule has 116 valence electrons. The number of esters is 1. The smallest absolute Gasteiger partial charge is 0.337 e. The molecular formula is C17H15N3O2S. The van der Waals surface area contributed by atoms with Crippen molar-refractivity contribution in [3.63, 3.8) is 0 Å². The minimum absolute atomic E-state index is 0.351. The molecule has 3 aromatic rings. The number of carbonyl (C=O) groups excluding carboxylic acids is 1. The molecule has 0 unspecified atom stereocenters. The minimum atomic E-state index is -0.351. The number of hydrogen-bond acceptors (Lipinski definition) is 5. The van der Waals surface area contributed by atoms with Crippen molar-refractivity contribution in [1.29, 1.82) is 0 Å². The molecule has 6 heteroatoms. The Labute approximate surface area is 137 Å². The monoisotopic (exact) mass is 325 g/mol. The Morgan fingerprint density at radius 1 is 1.17 bits per heavy atom. The normalized spacial score (nSPS) is 12.2. The van der Waals surface area contributed by atoms with E-state index in [4.69, 9.17) is 0 Å². The van der Waals surface area contributed by atoms with Gasteiger partial charge in [-0.05, 0) is 29.8 Å². The van der Waals surface area contributed by atoms with E-state index in [2.05, 4.69) is 27.1 Å². The van der Waals surface area contributed by atoms with Gasteiger partial charge in [-0.1, -0.05) is 35.6 Å². The van der Waals surface area contributed by atoms with Crippen LogP contribution in [-0.2, 0) is 11.8 Å². The molecule has 0 saturated carbocycles. The highest BCUT2D eigenvalue weighted by Crippen LogP contribution is 2.15. The number of ether oxygens (including phenoxy) is 1. The summed E-state index contributed by atoms with van der Waals surface area (Å²) in [6.07, 6.45) is 1.66. The molecule has 0 bridgehead atoms. The van der Waals surface area contributed by atoms with Crippen LogP contribution in [0.5, 0.6) is 0 Å². The van der Waals surface area contributed by atoms with Crippen molar-refractivity contribution in [2.45, 2.75) is 0 Å². The van der Waals surface area contributed by atoms with Crippen molar-refractivity contribution in [2.24, 2.45) is 17.3 Å². The van der Waals surface area contributed by atoms with Gasteiger partial charge in [-0.15, -0.1) is 5.10 Å². The molecule has 0 atom stereocenters. The van der Waals surface area contributed by atoms with Crippen LogP contribution in [0.4, 0.5) is 0 Å². The minimum Gasteiger partial charge on any atom is -0.465 e. The van der Waals surface area contributed by atoms with Crippen LogP contribution in [-0.4, -0.2) is 23.9 Å². The molecule has 0 N–H and O–H groups in total. The van der Waals surface area contributed by atoms with E-state index in [0.717, 1.165) is 15.9 Å². The van der Waals surface area contributed by atoms with Gasteiger partial charge in [0.25, 0.3) is 0 Å². The van der Waals surface area contributed by atoms with Gasteiger partial charge < -0.3 is 9.30 Å². The summed E-state index contributed by atoms with van der Waals surface area (Å²) in [6.45, 7) is 0. The molecular weight excluding hydrogens is 310 g/mol. The molecule has 0 amide bonds. The predicted molar refractivity (Wildman–Crippen MR) is 91.7 cm³/mol. The van der Waals surface area contributed by atoms with Crippen LogP contribution in [0, 0.1) is 0 Å². The number of nitrogens with zero attached hydrogens (tertiary/aromatic N) is 3. The van der Waals surface area contributed by atoms with E-state index < -0.39 is 0 Å². The lowest BCUT2D eigenvalue weighted by atomic mass is 10.1. The maximum Gasteiger partial charge on any atom is 0.337 e. The molecule has 23 heavy (non-hydrogen) atoms. The van der Waals surface area contributed by atoms with Crippen molar-refractivity contribution in [1.82, 2.24) is 4.57 Å². The molecule has 0 spiro atoms. The first kappa shape index (κ1) is 15.2. The van der Waals surface area contributed by atoms with Gasteiger partial charge in [-0.25, -0.2) is 4.79 Å². The van der Waals surface area contributed by atoms with E-state index >= 15 is 0 Å². The maximum atomic E-state index is 11.4. The fourth-order valence-corrected chi connectivity index (χ4v) is 3.12. The van der Waals surface area contributed by atoms with Crippen LogP contribution in [0.15, 0.2) is 58.7 Å². The van der Waals surface area contributed by atoms with Crippen LogP contribution in [0.25, 0.3) is 10.2 Å². The third-order valence-corrected chi connectivity index (χ3v) is 4.50. The first-order valence-corrected chi connectivity index (χ1v) is 7.80. The van der Waals surface area contributed by atoms with Crippen LogP contribution < -0.4 is 4.80 Å². The van der Waals surface area contributed by atoms with Crippen LogP contribution in [0.2, 0.25) is 0 Å². The molecule has 2 aromatic carbocycles. The van der Waals surface area contributed by atoms with Gasteiger partial charge in [0.1, 0.15) is 0 Å². The first-order valence-electron chi connectivity index (χ1n) is 6.99. The summed E-state index contributed by atoms with van der Waals surface area (Å²) in [6, 6.07) is 15.1. The van der Waals surface area contributed by atoms with E-state index in [9.17, 15) is 4.79 Å². The number of hydrogen-bond donors (Lipinski definition) is 0. The highest BCUT2D eigenvalue weighted by molar-refractivity contribution is 7.16. The van der Waals surface area contributed by atoms with Gasteiger partial charge in [-0.3, -0.25) is 0 Å². The molecule has 1 heterocycles. The number of carbonyl (C=O) groups is 1. The van der Waals surface area contributed by atoms with Crippen LogP contribution in [0.1, 0.15) is 15.9 Å². The summed E-state index contributed by atoms with van der Waals surface area (Å²) in [5.41, 5.74) is 2.51. The zero-order chi connectivity index (χ0) is 16.2. The predicted octanol–water partition coefficient (Wildman–Crippen LogP) is 2.96. The van der Waals surface area contributed by atoms with Crippen molar-refractivity contribution < 1.29 is 9.53 Å². The molecule has 5 nitrogen and oxygen atoms in total. The summed E-state index contributed by atoms with van der Waals surface area (Å²) >= 11 is 1.59. The third kappa shape index (κ3) is 3.22. The number of rotatable bonds is 3. The highest BCUT2D eigenvalue weighted by Gasteiger charge is 2.03. The van der Waals surface area contributed by atoms with Gasteiger partial charge in [0.2, 0.25) is 4.80 Å². The van der Waals surface area contributed by atoms with Gasteiger partial charge in [0.05, 0.1) is 29.1 Å². The lowest BCUT2D eigenvalue weighted by Gasteiger charge is -1.98. The second kappa shape index (κ2) is 6.58. The van der Waals surface area contributed by atoms with Crippen LogP contribution >= 0.6 is 11.3 Å². The summed E-state index contributed by atoms with van der Waals surface area (Å²) in [5, 5.41) is 8.41. The third-order valence-electron chi connectivity index (χ3n) is 3.40. The molecule has 1 aromatic heterocycles. The zero-order valence-electron chi connectivity index (χ0n) is 12.8. The number of thiazole rings is 1. The molecule has 0 aliphatic carbocycles. The Balaban J connectivity index is 1.84. The quantitative estimate of drug-likeness (QED) is 0.422. The van der Waals surface area contributed by atoms with E-state index in [1.54, 1.807) is 41.8 Å². The second-order valence-corrected chi connectivity index (χ2v) is 5.88. The zero-order valence-corrected chi connectivity index (χ0v) is 13.6. The van der Waals surface area contributed by atoms with Crippen molar-refractivity contribution in [2.75, 3.05) is 7.11 Å². The average Bonchev–Trinajstić information content (AvgIpc) is 2.91. The Morgan fingerprint density at radius 2 is 1.91 bits per heavy atom.